The Hall–Kier alpha value is -0.860. The van der Waals surface area contributed by atoms with E-state index in [1.807, 2.05) is 6.92 Å². The molecule has 0 amide bonds. The zero-order valence-corrected chi connectivity index (χ0v) is 13.8. The van der Waals surface area contributed by atoms with Crippen LogP contribution in [0.2, 0.25) is 0 Å². The summed E-state index contributed by atoms with van der Waals surface area (Å²) in [6.45, 7) is 5.92. The summed E-state index contributed by atoms with van der Waals surface area (Å²) < 4.78 is 29.8. The summed E-state index contributed by atoms with van der Waals surface area (Å²) in [5.41, 5.74) is 0. The van der Waals surface area contributed by atoms with Gasteiger partial charge in [0.15, 0.2) is 5.96 Å². The van der Waals surface area contributed by atoms with Crippen LogP contribution in [0.5, 0.6) is 0 Å². The number of aliphatic imine (C=N–C) groups is 1. The average molecular weight is 320 g/mol. The molecule has 0 aromatic carbocycles. The van der Waals surface area contributed by atoms with E-state index in [1.165, 1.54) is 12.8 Å². The molecule has 21 heavy (non-hydrogen) atoms. The minimum Gasteiger partial charge on any atom is -0.381 e. The van der Waals surface area contributed by atoms with Crippen LogP contribution in [0.15, 0.2) is 4.99 Å². The van der Waals surface area contributed by atoms with E-state index >= 15 is 0 Å². The van der Waals surface area contributed by atoms with Gasteiger partial charge in [-0.3, -0.25) is 4.99 Å². The van der Waals surface area contributed by atoms with Gasteiger partial charge in [0, 0.05) is 39.4 Å². The third-order valence-electron chi connectivity index (χ3n) is 2.89. The van der Waals surface area contributed by atoms with Crippen molar-refractivity contribution < 1.29 is 13.2 Å². The first kappa shape index (κ1) is 18.2. The highest BCUT2D eigenvalue weighted by Gasteiger charge is 2.20. The molecule has 1 rings (SSSR count). The summed E-state index contributed by atoms with van der Waals surface area (Å²) in [6, 6.07) is 0. The van der Waals surface area contributed by atoms with Gasteiger partial charge in [-0.2, -0.15) is 0 Å². The summed E-state index contributed by atoms with van der Waals surface area (Å²) >= 11 is 0. The molecule has 0 bridgehead atoms. The number of guanidine groups is 1. The fourth-order valence-electron chi connectivity index (χ4n) is 1.65. The molecular weight excluding hydrogens is 292 g/mol. The Morgan fingerprint density at radius 3 is 2.67 bits per heavy atom. The van der Waals surface area contributed by atoms with Crippen molar-refractivity contribution in [3.8, 4) is 0 Å². The van der Waals surface area contributed by atoms with Gasteiger partial charge in [0.25, 0.3) is 0 Å². The molecule has 1 saturated carbocycles. The number of ether oxygens (including phenoxy) is 1. The lowest BCUT2D eigenvalue weighted by Crippen LogP contribution is -2.41. The molecule has 8 heteroatoms. The first-order chi connectivity index (χ1) is 10.0. The number of hydrogen-bond acceptors (Lipinski definition) is 4. The smallest absolute Gasteiger partial charge is 0.208 e. The lowest BCUT2D eigenvalue weighted by molar-refractivity contribution is 0.123. The predicted molar refractivity (Wildman–Crippen MR) is 85.0 cm³/mol. The molecule has 0 unspecified atom stereocenters. The molecule has 7 nitrogen and oxygen atoms in total. The third kappa shape index (κ3) is 11.5. The lowest BCUT2D eigenvalue weighted by atomic mass is 10.4. The highest BCUT2D eigenvalue weighted by atomic mass is 32.2. The van der Waals surface area contributed by atoms with Crippen LogP contribution in [0, 0.1) is 5.92 Å². The van der Waals surface area contributed by atoms with Gasteiger partial charge in [-0.25, -0.2) is 13.1 Å². The van der Waals surface area contributed by atoms with E-state index in [0.29, 0.717) is 25.6 Å². The Morgan fingerprint density at radius 2 is 2.05 bits per heavy atom. The maximum Gasteiger partial charge on any atom is 0.208 e. The van der Waals surface area contributed by atoms with Gasteiger partial charge in [-0.15, -0.1) is 0 Å². The number of hydrogen-bond donors (Lipinski definition) is 3. The maximum absolute atomic E-state index is 10.9. The summed E-state index contributed by atoms with van der Waals surface area (Å²) in [4.78, 5) is 4.42. The molecule has 0 aromatic rings. The van der Waals surface area contributed by atoms with Gasteiger partial charge in [0.2, 0.25) is 10.0 Å². The number of nitrogens with zero attached hydrogens (tertiary/aromatic N) is 1. The molecule has 0 radical (unpaired) electrons. The standard InChI is InChI=1S/C13H28N4O3S/c1-3-14-13(16-8-9-17-21(2,18)19)15-7-4-10-20-11-12-5-6-12/h12,17H,3-11H2,1-2H3,(H2,14,15,16). The van der Waals surface area contributed by atoms with E-state index in [4.69, 9.17) is 4.74 Å². The second-order valence-electron chi connectivity index (χ2n) is 5.23. The Balaban J connectivity index is 2.09. The Labute approximate surface area is 128 Å². The van der Waals surface area contributed by atoms with Crippen LogP contribution >= 0.6 is 0 Å². The van der Waals surface area contributed by atoms with Crippen molar-refractivity contribution in [2.75, 3.05) is 45.6 Å². The summed E-state index contributed by atoms with van der Waals surface area (Å²) in [7, 11) is -3.13. The highest BCUT2D eigenvalue weighted by molar-refractivity contribution is 7.88. The molecule has 0 heterocycles. The predicted octanol–water partition coefficient (Wildman–Crippen LogP) is -0.0926. The minimum atomic E-state index is -3.13. The second-order valence-corrected chi connectivity index (χ2v) is 7.06. The minimum absolute atomic E-state index is 0.341. The number of nitrogens with one attached hydrogen (secondary N) is 3. The van der Waals surface area contributed by atoms with Crippen molar-refractivity contribution in [2.45, 2.75) is 26.2 Å². The third-order valence-corrected chi connectivity index (χ3v) is 3.62. The maximum atomic E-state index is 10.9. The first-order valence-electron chi connectivity index (χ1n) is 7.56. The molecule has 0 aromatic heterocycles. The van der Waals surface area contributed by atoms with E-state index in [9.17, 15) is 8.42 Å². The van der Waals surface area contributed by atoms with Crippen LogP contribution in [0.25, 0.3) is 0 Å². The van der Waals surface area contributed by atoms with E-state index in [-0.39, 0.29) is 0 Å². The van der Waals surface area contributed by atoms with E-state index < -0.39 is 10.0 Å². The zero-order chi connectivity index (χ0) is 15.6. The lowest BCUT2D eigenvalue weighted by Gasteiger charge is -2.11. The zero-order valence-electron chi connectivity index (χ0n) is 13.0. The molecule has 1 aliphatic carbocycles. The van der Waals surface area contributed by atoms with Crippen molar-refractivity contribution in [1.29, 1.82) is 0 Å². The van der Waals surface area contributed by atoms with Crippen molar-refractivity contribution in [2.24, 2.45) is 10.9 Å². The summed E-state index contributed by atoms with van der Waals surface area (Å²) in [5.74, 6) is 1.50. The topological polar surface area (TPSA) is 91.8 Å². The second kappa shape index (κ2) is 9.97. The SMILES string of the molecule is CCNC(=NCCCOCC1CC1)NCCNS(C)(=O)=O. The molecule has 0 aliphatic heterocycles. The van der Waals surface area contributed by atoms with E-state index in [1.54, 1.807) is 0 Å². The molecule has 1 fully saturated rings. The van der Waals surface area contributed by atoms with Crippen LogP contribution in [-0.2, 0) is 14.8 Å². The Kier molecular flexibility index (Phi) is 8.63. The molecule has 1 aliphatic rings. The fourth-order valence-corrected chi connectivity index (χ4v) is 2.12. The van der Waals surface area contributed by atoms with Crippen molar-refractivity contribution in [1.82, 2.24) is 15.4 Å². The molecular formula is C13H28N4O3S. The van der Waals surface area contributed by atoms with Crippen LogP contribution < -0.4 is 15.4 Å². The van der Waals surface area contributed by atoms with Gasteiger partial charge in [0.05, 0.1) is 6.26 Å². The largest absolute Gasteiger partial charge is 0.381 e. The van der Waals surface area contributed by atoms with Gasteiger partial charge in [-0.1, -0.05) is 0 Å². The van der Waals surface area contributed by atoms with Crippen LogP contribution in [-0.4, -0.2) is 60.0 Å². The molecule has 0 spiro atoms. The van der Waals surface area contributed by atoms with Gasteiger partial charge >= 0.3 is 0 Å². The van der Waals surface area contributed by atoms with E-state index in [0.717, 1.165) is 38.4 Å². The first-order valence-corrected chi connectivity index (χ1v) is 9.45. The van der Waals surface area contributed by atoms with Crippen molar-refractivity contribution >= 4 is 16.0 Å². The van der Waals surface area contributed by atoms with Crippen LogP contribution in [0.3, 0.4) is 0 Å². The van der Waals surface area contributed by atoms with Crippen LogP contribution in [0.4, 0.5) is 0 Å². The Bertz CT molecular complexity index is 408. The van der Waals surface area contributed by atoms with Gasteiger partial charge in [-0.05, 0) is 32.1 Å². The van der Waals surface area contributed by atoms with Crippen molar-refractivity contribution in [3.63, 3.8) is 0 Å². The summed E-state index contributed by atoms with van der Waals surface area (Å²) in [6.07, 6.45) is 4.67. The normalized spacial score (nSPS) is 16.0. The average Bonchev–Trinajstić information content (AvgIpc) is 3.21. The monoisotopic (exact) mass is 320 g/mol. The highest BCUT2D eigenvalue weighted by Crippen LogP contribution is 2.28. The summed E-state index contributed by atoms with van der Waals surface area (Å²) in [5, 5.41) is 6.20. The van der Waals surface area contributed by atoms with Crippen molar-refractivity contribution in [3.05, 3.63) is 0 Å². The fraction of sp³-hybridized carbons (Fsp3) is 0.923. The van der Waals surface area contributed by atoms with Crippen LogP contribution in [0.1, 0.15) is 26.2 Å². The number of rotatable bonds is 11. The molecule has 124 valence electrons. The molecule has 0 atom stereocenters. The molecule has 3 N–H and O–H groups in total. The quantitative estimate of drug-likeness (QED) is 0.281. The van der Waals surface area contributed by atoms with Gasteiger partial charge < -0.3 is 15.4 Å². The van der Waals surface area contributed by atoms with Gasteiger partial charge in [0.1, 0.15) is 0 Å². The Morgan fingerprint density at radius 1 is 1.29 bits per heavy atom. The molecule has 0 saturated heterocycles. The number of sulfonamides is 1. The van der Waals surface area contributed by atoms with E-state index in [2.05, 4.69) is 20.3 Å².